The molecule has 0 radical (unpaired) electrons. The van der Waals surface area contributed by atoms with Crippen molar-refractivity contribution in [1.82, 2.24) is 0 Å². The van der Waals surface area contributed by atoms with Gasteiger partial charge in [-0.15, -0.1) is 0 Å². The lowest BCUT2D eigenvalue weighted by atomic mass is 9.54. The van der Waals surface area contributed by atoms with Crippen molar-refractivity contribution in [3.63, 3.8) is 0 Å². The van der Waals surface area contributed by atoms with Crippen LogP contribution in [0.4, 0.5) is 0 Å². The molecule has 10 atom stereocenters. The van der Waals surface area contributed by atoms with Crippen molar-refractivity contribution in [2.75, 3.05) is 13.2 Å². The highest BCUT2D eigenvalue weighted by molar-refractivity contribution is 5.79. The van der Waals surface area contributed by atoms with Crippen LogP contribution in [0.3, 0.4) is 0 Å². The van der Waals surface area contributed by atoms with Crippen molar-refractivity contribution in [3.8, 4) is 0 Å². The van der Waals surface area contributed by atoms with Crippen molar-refractivity contribution < 1.29 is 43.9 Å². The Morgan fingerprint density at radius 2 is 1.90 bits per heavy atom. The van der Waals surface area contributed by atoms with Crippen LogP contribution in [0.2, 0.25) is 0 Å². The lowest BCUT2D eigenvalue weighted by Gasteiger charge is -2.47. The molecule has 0 aromatic rings. The van der Waals surface area contributed by atoms with E-state index in [9.17, 15) is 24.9 Å². The fraction of sp³-hybridized carbons (Fsp3) is 0.909. The Labute approximate surface area is 182 Å². The summed E-state index contributed by atoms with van der Waals surface area (Å²) in [4.78, 5) is 24.6. The summed E-state index contributed by atoms with van der Waals surface area (Å²) in [7, 11) is 0. The van der Waals surface area contributed by atoms with Gasteiger partial charge in [-0.05, 0) is 18.8 Å². The molecule has 3 aliphatic heterocycles. The molecule has 1 aliphatic carbocycles. The van der Waals surface area contributed by atoms with Gasteiger partial charge < -0.3 is 34.3 Å². The Balaban J connectivity index is 1.91. The van der Waals surface area contributed by atoms with Crippen LogP contribution in [0.1, 0.15) is 48.0 Å². The summed E-state index contributed by atoms with van der Waals surface area (Å²) >= 11 is 0. The van der Waals surface area contributed by atoms with Crippen LogP contribution in [0.5, 0.6) is 0 Å². The predicted molar refractivity (Wildman–Crippen MR) is 105 cm³/mol. The van der Waals surface area contributed by atoms with Gasteiger partial charge in [0.05, 0.1) is 41.9 Å². The molecule has 0 bridgehead atoms. The summed E-state index contributed by atoms with van der Waals surface area (Å²) < 4.78 is 23.0. The highest BCUT2D eigenvalue weighted by Crippen LogP contribution is 2.72. The van der Waals surface area contributed by atoms with Crippen molar-refractivity contribution in [2.45, 2.75) is 84.3 Å². The molecular formula is C22H34O9. The van der Waals surface area contributed by atoms with Crippen molar-refractivity contribution in [1.29, 1.82) is 0 Å². The molecular weight excluding hydrogens is 408 g/mol. The number of aliphatic hydroxyl groups excluding tert-OH is 2. The SMILES string of the molecule is CC(=O)OC1[C@H](O)[C@@H](C(C)(C)C)C23C(OCC12CC1OC[C@@H](C)[C@@]1(C)O)OC(=O)[C@@H]3O. The number of hydrogen-bond acceptors (Lipinski definition) is 9. The number of rotatable bonds is 3. The van der Waals surface area contributed by atoms with E-state index in [2.05, 4.69) is 0 Å². The molecule has 9 heteroatoms. The van der Waals surface area contributed by atoms with Crippen molar-refractivity contribution in [3.05, 3.63) is 0 Å². The second-order valence-corrected chi connectivity index (χ2v) is 11.1. The van der Waals surface area contributed by atoms with Crippen LogP contribution in [0.15, 0.2) is 0 Å². The quantitative estimate of drug-likeness (QED) is 0.531. The smallest absolute Gasteiger partial charge is 0.338 e. The first-order chi connectivity index (χ1) is 14.2. The monoisotopic (exact) mass is 442 g/mol. The molecule has 0 aromatic heterocycles. The fourth-order valence-corrected chi connectivity index (χ4v) is 6.81. The molecule has 4 fully saturated rings. The van der Waals surface area contributed by atoms with E-state index in [0.717, 1.165) is 0 Å². The van der Waals surface area contributed by atoms with E-state index in [1.807, 2.05) is 27.7 Å². The van der Waals surface area contributed by atoms with Gasteiger partial charge in [0.1, 0.15) is 6.10 Å². The zero-order chi connectivity index (χ0) is 23.1. The van der Waals surface area contributed by atoms with Gasteiger partial charge in [-0.25, -0.2) is 4.79 Å². The molecule has 3 heterocycles. The lowest BCUT2D eigenvalue weighted by Crippen LogP contribution is -2.58. The summed E-state index contributed by atoms with van der Waals surface area (Å²) in [5.74, 6) is -2.26. The van der Waals surface area contributed by atoms with Gasteiger partial charge >= 0.3 is 11.9 Å². The van der Waals surface area contributed by atoms with Crippen LogP contribution >= 0.6 is 0 Å². The minimum Gasteiger partial charge on any atom is -0.459 e. The highest BCUT2D eigenvalue weighted by atomic mass is 16.7. The second kappa shape index (κ2) is 6.87. The molecule has 4 rings (SSSR count). The molecule has 176 valence electrons. The minimum absolute atomic E-state index is 0.0199. The van der Waals surface area contributed by atoms with Gasteiger partial charge in [0.15, 0.2) is 6.10 Å². The van der Waals surface area contributed by atoms with E-state index < -0.39 is 70.4 Å². The average Bonchev–Trinajstić information content (AvgIpc) is 3.23. The Morgan fingerprint density at radius 3 is 2.42 bits per heavy atom. The van der Waals surface area contributed by atoms with Crippen LogP contribution in [0.25, 0.3) is 0 Å². The number of ether oxygens (including phenoxy) is 4. The van der Waals surface area contributed by atoms with Gasteiger partial charge in [-0.1, -0.05) is 27.7 Å². The zero-order valence-corrected chi connectivity index (χ0v) is 19.0. The third kappa shape index (κ3) is 2.80. The first kappa shape index (κ1) is 22.9. The number of esters is 2. The number of hydrogen-bond donors (Lipinski definition) is 3. The second-order valence-electron chi connectivity index (χ2n) is 11.1. The molecule has 0 aromatic carbocycles. The molecule has 3 saturated heterocycles. The Hall–Kier alpha value is -1.26. The first-order valence-electron chi connectivity index (χ1n) is 10.9. The summed E-state index contributed by atoms with van der Waals surface area (Å²) in [5, 5.41) is 33.9. The number of aliphatic hydroxyl groups is 3. The van der Waals surface area contributed by atoms with E-state index in [-0.39, 0.29) is 18.9 Å². The van der Waals surface area contributed by atoms with Gasteiger partial charge in [0, 0.05) is 18.8 Å². The average molecular weight is 443 g/mol. The highest BCUT2D eigenvalue weighted by Gasteiger charge is 2.85. The maximum atomic E-state index is 12.6. The van der Waals surface area contributed by atoms with Gasteiger partial charge in [-0.2, -0.15) is 0 Å². The molecule has 4 aliphatic rings. The standard InChI is InChI=1S/C22H34O9/c1-10-8-28-12(20(10,6)27)7-21-9-29-18-22(21,15(25)17(26)31-18)14(19(3,4)5)13(24)16(21)30-11(2)23/h10,12-16,18,24-25,27H,7-9H2,1-6H3/t10-,12?,13-,14+,15+,16?,18?,20-,21?,22?/m1/s1. The van der Waals surface area contributed by atoms with E-state index >= 15 is 0 Å². The van der Waals surface area contributed by atoms with Crippen molar-refractivity contribution in [2.24, 2.45) is 28.1 Å². The summed E-state index contributed by atoms with van der Waals surface area (Å²) in [6.07, 6.45) is -5.48. The van der Waals surface area contributed by atoms with Crippen molar-refractivity contribution >= 4 is 11.9 Å². The summed E-state index contributed by atoms with van der Waals surface area (Å²) in [6, 6.07) is 0. The number of carbonyl (C=O) groups is 2. The molecule has 0 amide bonds. The van der Waals surface area contributed by atoms with Gasteiger partial charge in [-0.3, -0.25) is 4.79 Å². The van der Waals surface area contributed by atoms with E-state index in [1.165, 1.54) is 6.92 Å². The molecule has 3 N–H and O–H groups in total. The minimum atomic E-state index is -1.58. The molecule has 5 unspecified atom stereocenters. The normalized spacial score (nSPS) is 51.5. The third-order valence-electron chi connectivity index (χ3n) is 8.33. The third-order valence-corrected chi connectivity index (χ3v) is 8.33. The first-order valence-corrected chi connectivity index (χ1v) is 10.9. The molecule has 9 nitrogen and oxygen atoms in total. The van der Waals surface area contributed by atoms with Crippen LogP contribution in [-0.2, 0) is 28.5 Å². The zero-order valence-electron chi connectivity index (χ0n) is 19.0. The maximum absolute atomic E-state index is 12.6. The van der Waals surface area contributed by atoms with Gasteiger partial charge in [0.25, 0.3) is 0 Å². The summed E-state index contributed by atoms with van der Waals surface area (Å²) in [6.45, 7) is 10.8. The van der Waals surface area contributed by atoms with E-state index in [4.69, 9.17) is 18.9 Å². The van der Waals surface area contributed by atoms with Crippen LogP contribution < -0.4 is 0 Å². The van der Waals surface area contributed by atoms with Crippen LogP contribution in [0, 0.1) is 28.1 Å². The van der Waals surface area contributed by atoms with Crippen LogP contribution in [-0.4, -0.2) is 76.8 Å². The fourth-order valence-electron chi connectivity index (χ4n) is 6.81. The van der Waals surface area contributed by atoms with E-state index in [0.29, 0.717) is 6.61 Å². The Kier molecular flexibility index (Phi) is 5.08. The predicted octanol–water partition coefficient (Wildman–Crippen LogP) is 0.378. The Bertz CT molecular complexity index is 773. The topological polar surface area (TPSA) is 132 Å². The molecule has 31 heavy (non-hydrogen) atoms. The lowest BCUT2D eigenvalue weighted by molar-refractivity contribution is -0.172. The maximum Gasteiger partial charge on any atom is 0.338 e. The summed E-state index contributed by atoms with van der Waals surface area (Å²) in [5.41, 5.74) is -4.36. The largest absolute Gasteiger partial charge is 0.459 e. The molecule has 1 saturated carbocycles. The Morgan fingerprint density at radius 1 is 1.26 bits per heavy atom. The molecule has 1 spiro atoms. The number of carbonyl (C=O) groups excluding carboxylic acids is 2. The van der Waals surface area contributed by atoms with E-state index in [1.54, 1.807) is 6.92 Å². The van der Waals surface area contributed by atoms with Gasteiger partial charge in [0.2, 0.25) is 6.29 Å².